The molecule has 23 heavy (non-hydrogen) atoms. The van der Waals surface area contributed by atoms with Crippen molar-refractivity contribution in [1.82, 2.24) is 9.97 Å². The monoisotopic (exact) mass is 332 g/mol. The number of para-hydroxylation sites is 1. The van der Waals surface area contributed by atoms with Crippen LogP contribution in [0.25, 0.3) is 0 Å². The first-order chi connectivity index (χ1) is 11.0. The van der Waals surface area contributed by atoms with Gasteiger partial charge in [0.15, 0.2) is 5.16 Å². The number of ether oxygens (including phenoxy) is 1. The van der Waals surface area contributed by atoms with Crippen molar-refractivity contribution in [2.75, 3.05) is 6.26 Å². The fourth-order valence-electron chi connectivity index (χ4n) is 2.45. The van der Waals surface area contributed by atoms with E-state index in [0.29, 0.717) is 11.6 Å². The number of aromatic nitrogens is 2. The first kappa shape index (κ1) is 17.6. The fraction of sp³-hybridized carbons (Fsp3) is 0.444. The second kappa shape index (κ2) is 8.20. The molecule has 0 radical (unpaired) electrons. The number of benzene rings is 1. The summed E-state index contributed by atoms with van der Waals surface area (Å²) in [7, 11) is 0. The summed E-state index contributed by atoms with van der Waals surface area (Å²) in [6, 6.07) is 7.88. The first-order valence-electron chi connectivity index (χ1n) is 7.95. The van der Waals surface area contributed by atoms with Crippen LogP contribution in [0, 0.1) is 0 Å². The third-order valence-electron chi connectivity index (χ3n) is 3.46. The number of hydrogen-bond donors (Lipinski definition) is 1. The highest BCUT2D eigenvalue weighted by Crippen LogP contribution is 2.23. The smallest absolute Gasteiger partial charge is 0.255 e. The molecule has 0 fully saturated rings. The Labute approximate surface area is 141 Å². The van der Waals surface area contributed by atoms with Crippen molar-refractivity contribution >= 4 is 11.8 Å². The summed E-state index contributed by atoms with van der Waals surface area (Å²) in [6.45, 7) is 6.10. The average Bonchev–Trinajstić information content (AvgIpc) is 2.51. The van der Waals surface area contributed by atoms with Crippen LogP contribution >= 0.6 is 11.8 Å². The minimum atomic E-state index is -0.0489. The highest BCUT2D eigenvalue weighted by atomic mass is 32.2. The molecule has 1 heterocycles. The van der Waals surface area contributed by atoms with Gasteiger partial charge in [0.05, 0.1) is 11.8 Å². The van der Waals surface area contributed by atoms with E-state index in [9.17, 15) is 4.79 Å². The van der Waals surface area contributed by atoms with E-state index in [2.05, 4.69) is 16.9 Å². The number of aryl methyl sites for hydroxylation is 1. The minimum Gasteiger partial charge on any atom is -0.491 e. The molecule has 1 N–H and O–H groups in total. The number of hydrogen-bond acceptors (Lipinski definition) is 4. The Morgan fingerprint density at radius 2 is 2.04 bits per heavy atom. The Kier molecular flexibility index (Phi) is 6.28. The van der Waals surface area contributed by atoms with Crippen LogP contribution in [-0.2, 0) is 12.8 Å². The van der Waals surface area contributed by atoms with Crippen molar-refractivity contribution in [3.8, 4) is 5.75 Å². The summed E-state index contributed by atoms with van der Waals surface area (Å²) in [4.78, 5) is 19.9. The molecule has 0 aliphatic carbocycles. The molecular weight excluding hydrogens is 308 g/mol. The molecule has 0 unspecified atom stereocenters. The predicted molar refractivity (Wildman–Crippen MR) is 95.6 cm³/mol. The zero-order valence-corrected chi connectivity index (χ0v) is 15.0. The van der Waals surface area contributed by atoms with Gasteiger partial charge in [0.2, 0.25) is 0 Å². The van der Waals surface area contributed by atoms with Gasteiger partial charge in [-0.1, -0.05) is 43.3 Å². The molecule has 0 aliphatic heterocycles. The lowest BCUT2D eigenvalue weighted by molar-refractivity contribution is 0.240. The molecule has 0 aliphatic rings. The van der Waals surface area contributed by atoms with Crippen molar-refractivity contribution in [3.63, 3.8) is 0 Å². The molecule has 4 nitrogen and oxygen atoms in total. The van der Waals surface area contributed by atoms with E-state index in [1.54, 1.807) is 0 Å². The zero-order valence-electron chi connectivity index (χ0n) is 14.2. The highest BCUT2D eigenvalue weighted by Gasteiger charge is 2.14. The van der Waals surface area contributed by atoms with E-state index in [-0.39, 0.29) is 11.7 Å². The first-order valence-corrected chi connectivity index (χ1v) is 9.18. The lowest BCUT2D eigenvalue weighted by Gasteiger charge is -2.15. The summed E-state index contributed by atoms with van der Waals surface area (Å²) in [5, 5.41) is 0.675. The van der Waals surface area contributed by atoms with Gasteiger partial charge in [-0.05, 0) is 38.2 Å². The zero-order chi connectivity index (χ0) is 16.8. The van der Waals surface area contributed by atoms with Gasteiger partial charge in [-0.2, -0.15) is 0 Å². The van der Waals surface area contributed by atoms with Gasteiger partial charge < -0.3 is 9.72 Å². The lowest BCUT2D eigenvalue weighted by Crippen LogP contribution is -2.19. The minimum absolute atomic E-state index is 0.0489. The molecule has 0 saturated heterocycles. The maximum absolute atomic E-state index is 12.5. The second-order valence-corrected chi connectivity index (χ2v) is 6.50. The van der Waals surface area contributed by atoms with Crippen molar-refractivity contribution in [2.45, 2.75) is 51.3 Å². The lowest BCUT2D eigenvalue weighted by atomic mass is 10.0. The quantitative estimate of drug-likeness (QED) is 0.618. The Morgan fingerprint density at radius 3 is 2.70 bits per heavy atom. The SMILES string of the molecule is CCCc1nc(SC)[nH]c(=O)c1Cc1ccccc1OC(C)C. The van der Waals surface area contributed by atoms with Crippen LogP contribution in [0.15, 0.2) is 34.2 Å². The molecule has 1 aromatic heterocycles. The Bertz CT molecular complexity index is 710. The maximum Gasteiger partial charge on any atom is 0.255 e. The van der Waals surface area contributed by atoms with Crippen LogP contribution < -0.4 is 10.3 Å². The summed E-state index contributed by atoms with van der Waals surface area (Å²) in [5.74, 6) is 0.832. The topological polar surface area (TPSA) is 55.0 Å². The summed E-state index contributed by atoms with van der Waals surface area (Å²) in [6.07, 6.45) is 4.32. The van der Waals surface area contributed by atoms with E-state index >= 15 is 0 Å². The van der Waals surface area contributed by atoms with Gasteiger partial charge in [-0.15, -0.1) is 0 Å². The average molecular weight is 332 g/mol. The molecule has 0 saturated carbocycles. The van der Waals surface area contributed by atoms with E-state index in [1.807, 2.05) is 44.4 Å². The molecule has 5 heteroatoms. The van der Waals surface area contributed by atoms with Crippen molar-refractivity contribution in [2.24, 2.45) is 0 Å². The maximum atomic E-state index is 12.5. The van der Waals surface area contributed by atoms with Gasteiger partial charge in [-0.3, -0.25) is 4.79 Å². The third kappa shape index (κ3) is 4.61. The molecule has 0 atom stereocenters. The molecular formula is C18H24N2O2S. The van der Waals surface area contributed by atoms with Crippen LogP contribution in [0.2, 0.25) is 0 Å². The molecule has 2 rings (SSSR count). The largest absolute Gasteiger partial charge is 0.491 e. The van der Waals surface area contributed by atoms with E-state index in [0.717, 1.165) is 35.4 Å². The Balaban J connectivity index is 2.42. The molecule has 1 aromatic carbocycles. The highest BCUT2D eigenvalue weighted by molar-refractivity contribution is 7.98. The predicted octanol–water partition coefficient (Wildman–Crippen LogP) is 3.82. The van der Waals surface area contributed by atoms with Crippen molar-refractivity contribution in [1.29, 1.82) is 0 Å². The standard InChI is InChI=1S/C18H24N2O2S/c1-5-8-15-14(17(21)20-18(19-15)23-4)11-13-9-6-7-10-16(13)22-12(2)3/h6-7,9-10,12H,5,8,11H2,1-4H3,(H,19,20,21). The third-order valence-corrected chi connectivity index (χ3v) is 4.04. The number of nitrogens with zero attached hydrogens (tertiary/aromatic N) is 1. The van der Waals surface area contributed by atoms with Crippen LogP contribution in [0.4, 0.5) is 0 Å². The van der Waals surface area contributed by atoms with Gasteiger partial charge in [0.1, 0.15) is 5.75 Å². The normalized spacial score (nSPS) is 11.0. The number of rotatable bonds is 7. The van der Waals surface area contributed by atoms with E-state index in [1.165, 1.54) is 11.8 Å². The summed E-state index contributed by atoms with van der Waals surface area (Å²) >= 11 is 1.46. The number of aromatic amines is 1. The Morgan fingerprint density at radius 1 is 1.30 bits per heavy atom. The summed E-state index contributed by atoms with van der Waals surface area (Å²) in [5.41, 5.74) is 2.60. The van der Waals surface area contributed by atoms with Gasteiger partial charge >= 0.3 is 0 Å². The van der Waals surface area contributed by atoms with Gasteiger partial charge in [-0.25, -0.2) is 4.98 Å². The van der Waals surface area contributed by atoms with Crippen LogP contribution in [0.1, 0.15) is 44.0 Å². The molecule has 0 bridgehead atoms. The van der Waals surface area contributed by atoms with Gasteiger partial charge in [0, 0.05) is 12.0 Å². The van der Waals surface area contributed by atoms with Gasteiger partial charge in [0.25, 0.3) is 5.56 Å². The second-order valence-electron chi connectivity index (χ2n) is 5.70. The van der Waals surface area contributed by atoms with Crippen molar-refractivity contribution < 1.29 is 4.74 Å². The van der Waals surface area contributed by atoms with E-state index in [4.69, 9.17) is 4.74 Å². The molecule has 0 amide bonds. The summed E-state index contributed by atoms with van der Waals surface area (Å²) < 4.78 is 5.87. The number of H-pyrrole nitrogens is 1. The van der Waals surface area contributed by atoms with Crippen molar-refractivity contribution in [3.05, 3.63) is 51.4 Å². The van der Waals surface area contributed by atoms with Crippen LogP contribution in [-0.4, -0.2) is 22.3 Å². The number of thioether (sulfide) groups is 1. The van der Waals surface area contributed by atoms with Crippen LogP contribution in [0.3, 0.4) is 0 Å². The molecule has 2 aromatic rings. The van der Waals surface area contributed by atoms with Crippen LogP contribution in [0.5, 0.6) is 5.75 Å². The molecule has 124 valence electrons. The molecule has 0 spiro atoms. The Hall–Kier alpha value is -1.75. The van der Waals surface area contributed by atoms with E-state index < -0.39 is 0 Å². The number of nitrogens with one attached hydrogen (secondary N) is 1. The fourth-order valence-corrected chi connectivity index (χ4v) is 2.85.